The van der Waals surface area contributed by atoms with Crippen molar-refractivity contribution < 1.29 is 19.8 Å². The molecule has 0 saturated carbocycles. The Labute approximate surface area is 245 Å². The van der Waals surface area contributed by atoms with E-state index in [9.17, 15) is 9.59 Å². The molecule has 0 aromatic heterocycles. The number of unbranched alkanes of at least 4 members (excludes halogenated alkanes) is 22. The highest BCUT2D eigenvalue weighted by Gasteiger charge is 1.98. The summed E-state index contributed by atoms with van der Waals surface area (Å²) in [6, 6.07) is 0. The molecule has 0 fully saturated rings. The van der Waals surface area contributed by atoms with E-state index in [2.05, 4.69) is 13.8 Å². The van der Waals surface area contributed by atoms with E-state index in [1.807, 2.05) is 0 Å². The molecule has 228 valence electrons. The van der Waals surface area contributed by atoms with Gasteiger partial charge in [0.2, 0.25) is 0 Å². The summed E-state index contributed by atoms with van der Waals surface area (Å²) in [5.74, 6) is 1.15. The summed E-state index contributed by atoms with van der Waals surface area (Å²) in [7, 11) is 0. The van der Waals surface area contributed by atoms with Gasteiger partial charge in [-0.15, -0.1) is 0 Å². The second-order valence-corrected chi connectivity index (χ2v) is 12.9. The zero-order valence-corrected chi connectivity index (χ0v) is 27.0. The maximum atomic E-state index is 10.3. The van der Waals surface area contributed by atoms with Gasteiger partial charge in [-0.2, -0.15) is 23.5 Å². The van der Waals surface area contributed by atoms with Gasteiger partial charge < -0.3 is 10.2 Å². The molecule has 0 aliphatic rings. The number of carboxylic acids is 2. The van der Waals surface area contributed by atoms with Gasteiger partial charge in [-0.3, -0.25) is 9.59 Å². The molecule has 0 saturated heterocycles. The molecule has 0 amide bonds. The minimum absolute atomic E-state index is 0.262. The van der Waals surface area contributed by atoms with E-state index < -0.39 is 11.9 Å². The molecule has 38 heavy (non-hydrogen) atoms. The molecular formula is C32H64O4S2. The summed E-state index contributed by atoms with van der Waals surface area (Å²) < 4.78 is 0. The van der Waals surface area contributed by atoms with Crippen molar-refractivity contribution in [3.8, 4) is 0 Å². The van der Waals surface area contributed by atoms with Crippen LogP contribution in [0.1, 0.15) is 168 Å². The lowest BCUT2D eigenvalue weighted by Gasteiger charge is -2.02. The van der Waals surface area contributed by atoms with Gasteiger partial charge in [-0.05, 0) is 24.3 Å². The summed E-state index contributed by atoms with van der Waals surface area (Å²) in [5, 5.41) is 17.0. The smallest absolute Gasteiger partial charge is 0.313 e. The molecule has 0 rings (SSSR count). The van der Waals surface area contributed by atoms with Crippen LogP contribution in [0.4, 0.5) is 0 Å². The third-order valence-electron chi connectivity index (χ3n) is 6.74. The van der Waals surface area contributed by atoms with Crippen LogP contribution >= 0.6 is 23.5 Å². The maximum absolute atomic E-state index is 10.3. The van der Waals surface area contributed by atoms with Crippen LogP contribution in [0.15, 0.2) is 0 Å². The average Bonchev–Trinajstić information content (AvgIpc) is 2.89. The molecule has 6 heteroatoms. The third-order valence-corrected chi connectivity index (χ3v) is 8.79. The summed E-state index contributed by atoms with van der Waals surface area (Å²) in [5.41, 5.74) is 0. The monoisotopic (exact) mass is 576 g/mol. The first-order valence-corrected chi connectivity index (χ1v) is 18.4. The van der Waals surface area contributed by atoms with Gasteiger partial charge in [0.1, 0.15) is 0 Å². The Morgan fingerprint density at radius 2 is 0.605 bits per heavy atom. The van der Waals surface area contributed by atoms with Crippen LogP contribution in [0.2, 0.25) is 0 Å². The fraction of sp³-hybridized carbons (Fsp3) is 0.938. The average molecular weight is 577 g/mol. The summed E-state index contributed by atoms with van der Waals surface area (Å²) in [6.45, 7) is 4.53. The minimum Gasteiger partial charge on any atom is -0.481 e. The predicted octanol–water partition coefficient (Wildman–Crippen LogP) is 11.0. The Balaban J connectivity index is 0. The van der Waals surface area contributed by atoms with Crippen LogP contribution in [0.5, 0.6) is 0 Å². The first-order chi connectivity index (χ1) is 18.5. The number of hydrogen-bond acceptors (Lipinski definition) is 4. The van der Waals surface area contributed by atoms with E-state index >= 15 is 0 Å². The van der Waals surface area contributed by atoms with Crippen LogP contribution in [0.25, 0.3) is 0 Å². The fourth-order valence-electron chi connectivity index (χ4n) is 4.41. The van der Waals surface area contributed by atoms with E-state index in [0.29, 0.717) is 0 Å². The first-order valence-electron chi connectivity index (χ1n) is 16.1. The van der Waals surface area contributed by atoms with Crippen molar-refractivity contribution in [3.05, 3.63) is 0 Å². The molecule has 0 aliphatic carbocycles. The maximum Gasteiger partial charge on any atom is 0.313 e. The molecule has 0 aromatic carbocycles. The van der Waals surface area contributed by atoms with Crippen molar-refractivity contribution in [2.24, 2.45) is 0 Å². The molecule has 0 unspecified atom stereocenters. The molecule has 2 N–H and O–H groups in total. The van der Waals surface area contributed by atoms with Crippen LogP contribution in [0.3, 0.4) is 0 Å². The van der Waals surface area contributed by atoms with Crippen molar-refractivity contribution in [2.75, 3.05) is 23.0 Å². The van der Waals surface area contributed by atoms with E-state index in [0.717, 1.165) is 11.5 Å². The number of thioether (sulfide) groups is 2. The lowest BCUT2D eigenvalue weighted by atomic mass is 10.1. The number of carboxylic acid groups (broad SMARTS) is 2. The summed E-state index contributed by atoms with van der Waals surface area (Å²) in [6.07, 6.45) is 32.7. The quantitative estimate of drug-likeness (QED) is 0.0828. The summed E-state index contributed by atoms with van der Waals surface area (Å²) in [4.78, 5) is 20.6. The van der Waals surface area contributed by atoms with Gasteiger partial charge in [0.15, 0.2) is 0 Å². The Morgan fingerprint density at radius 1 is 0.395 bits per heavy atom. The highest BCUT2D eigenvalue weighted by molar-refractivity contribution is 8.00. The van der Waals surface area contributed by atoms with Gasteiger partial charge in [0.05, 0.1) is 11.5 Å². The first kappa shape index (κ1) is 39.8. The van der Waals surface area contributed by atoms with Gasteiger partial charge in [0.25, 0.3) is 0 Å². The molecule has 0 radical (unpaired) electrons. The predicted molar refractivity (Wildman–Crippen MR) is 172 cm³/mol. The van der Waals surface area contributed by atoms with Crippen molar-refractivity contribution >= 4 is 35.5 Å². The van der Waals surface area contributed by atoms with E-state index in [-0.39, 0.29) is 11.5 Å². The van der Waals surface area contributed by atoms with E-state index in [4.69, 9.17) is 10.2 Å². The molecule has 0 heterocycles. The minimum atomic E-state index is -0.691. The van der Waals surface area contributed by atoms with Crippen molar-refractivity contribution in [1.82, 2.24) is 0 Å². The van der Waals surface area contributed by atoms with Crippen LogP contribution in [0, 0.1) is 0 Å². The molecular weight excluding hydrogens is 512 g/mol. The number of carbonyl (C=O) groups is 2. The lowest BCUT2D eigenvalue weighted by molar-refractivity contribution is -0.134. The normalized spacial score (nSPS) is 10.8. The lowest BCUT2D eigenvalue weighted by Crippen LogP contribution is -1.98. The zero-order chi connectivity index (χ0) is 28.4. The molecule has 0 bridgehead atoms. The largest absolute Gasteiger partial charge is 0.481 e. The Morgan fingerprint density at radius 3 is 0.816 bits per heavy atom. The van der Waals surface area contributed by atoms with Gasteiger partial charge in [-0.1, -0.05) is 155 Å². The second-order valence-electron chi connectivity index (χ2n) is 10.7. The Bertz CT molecular complexity index is 432. The van der Waals surface area contributed by atoms with Crippen molar-refractivity contribution in [1.29, 1.82) is 0 Å². The molecule has 4 nitrogen and oxygen atoms in total. The Hall–Kier alpha value is -0.360. The van der Waals surface area contributed by atoms with Crippen LogP contribution in [-0.4, -0.2) is 45.2 Å². The van der Waals surface area contributed by atoms with Gasteiger partial charge >= 0.3 is 11.9 Å². The highest BCUT2D eigenvalue weighted by atomic mass is 32.2. The van der Waals surface area contributed by atoms with E-state index in [1.165, 1.54) is 154 Å². The second kappa shape index (κ2) is 36.6. The van der Waals surface area contributed by atoms with Crippen molar-refractivity contribution in [2.45, 2.75) is 168 Å². The number of aliphatic carboxylic acids is 2. The molecule has 0 aliphatic heterocycles. The molecule has 0 spiro atoms. The number of hydrogen-bond donors (Lipinski definition) is 2. The topological polar surface area (TPSA) is 74.6 Å². The van der Waals surface area contributed by atoms with E-state index in [1.54, 1.807) is 23.5 Å². The molecule has 0 aromatic rings. The SMILES string of the molecule is CCCCCCCCCCCCCCSCC(=O)O.CCCCCCCCCCCCCCSCC(=O)O. The van der Waals surface area contributed by atoms with Crippen LogP contribution < -0.4 is 0 Å². The molecule has 0 atom stereocenters. The van der Waals surface area contributed by atoms with Gasteiger partial charge in [0, 0.05) is 0 Å². The summed E-state index contributed by atoms with van der Waals surface area (Å²) >= 11 is 3.09. The number of rotatable bonds is 30. The van der Waals surface area contributed by atoms with Gasteiger partial charge in [-0.25, -0.2) is 0 Å². The Kier molecular flexibility index (Phi) is 38.4. The highest BCUT2D eigenvalue weighted by Crippen LogP contribution is 2.14. The fourth-order valence-corrected chi connectivity index (χ4v) is 5.86. The zero-order valence-electron chi connectivity index (χ0n) is 25.3. The third kappa shape index (κ3) is 42.7. The van der Waals surface area contributed by atoms with Crippen LogP contribution in [-0.2, 0) is 9.59 Å². The standard InChI is InChI=1S/2C16H32O2S/c2*1-2-3-4-5-6-7-8-9-10-11-12-13-14-19-15-16(17)18/h2*2-15H2,1H3,(H,17,18). The van der Waals surface area contributed by atoms with Crippen molar-refractivity contribution in [3.63, 3.8) is 0 Å².